The molecule has 3 nitrogen and oxygen atoms in total. The number of hydrogen-bond donors (Lipinski definition) is 1. The molecule has 0 aliphatic heterocycles. The molecule has 16 heavy (non-hydrogen) atoms. The van der Waals surface area contributed by atoms with Gasteiger partial charge in [-0.25, -0.2) is 0 Å². The number of rotatable bonds is 2. The molecule has 1 aromatic carbocycles. The summed E-state index contributed by atoms with van der Waals surface area (Å²) in [5.74, 6) is 0.990. The number of carbonyl (C=O) groups excluding carboxylic acids is 1. The lowest BCUT2D eigenvalue weighted by atomic mass is 10.0. The molecule has 0 saturated carbocycles. The molecule has 1 heterocycles. The van der Waals surface area contributed by atoms with Gasteiger partial charge in [0, 0.05) is 11.3 Å². The van der Waals surface area contributed by atoms with E-state index in [1.165, 1.54) is 0 Å². The van der Waals surface area contributed by atoms with Crippen molar-refractivity contribution >= 4 is 12.0 Å². The maximum absolute atomic E-state index is 10.5. The van der Waals surface area contributed by atoms with E-state index < -0.39 is 0 Å². The van der Waals surface area contributed by atoms with Gasteiger partial charge >= 0.3 is 0 Å². The topological polar surface area (TPSA) is 56.2 Å². The summed E-state index contributed by atoms with van der Waals surface area (Å²) in [5.41, 5.74) is 9.70. The van der Waals surface area contributed by atoms with Gasteiger partial charge in [-0.15, -0.1) is 0 Å². The number of furan rings is 1. The second-order valence-corrected chi connectivity index (χ2v) is 3.83. The molecule has 2 N–H and O–H groups in total. The van der Waals surface area contributed by atoms with Crippen LogP contribution in [0.25, 0.3) is 11.3 Å². The molecule has 2 aromatic rings. The summed E-state index contributed by atoms with van der Waals surface area (Å²) in [7, 11) is 0. The summed E-state index contributed by atoms with van der Waals surface area (Å²) in [5, 5.41) is 0. The molecular weight excluding hydrogens is 202 g/mol. The fourth-order valence-electron chi connectivity index (χ4n) is 1.60. The van der Waals surface area contributed by atoms with Crippen LogP contribution in [0.4, 0.5) is 5.69 Å². The van der Waals surface area contributed by atoms with Crippen LogP contribution in [0.2, 0.25) is 0 Å². The summed E-state index contributed by atoms with van der Waals surface area (Å²) in [6, 6.07) is 7.27. The molecule has 2 rings (SSSR count). The molecule has 0 unspecified atom stereocenters. The van der Waals surface area contributed by atoms with Gasteiger partial charge in [-0.3, -0.25) is 4.79 Å². The fourth-order valence-corrected chi connectivity index (χ4v) is 1.60. The molecule has 0 aliphatic carbocycles. The van der Waals surface area contributed by atoms with Gasteiger partial charge in [-0.2, -0.15) is 0 Å². The number of aldehydes is 1. The minimum Gasteiger partial charge on any atom is -0.453 e. The monoisotopic (exact) mass is 215 g/mol. The standard InChI is InChI=1S/C13H13NO2/c1-8-5-10(6-12(14)9(8)2)13-4-3-11(7-15)16-13/h3-7H,14H2,1-2H3. The molecule has 1 aromatic heterocycles. The van der Waals surface area contributed by atoms with E-state index in [1.54, 1.807) is 12.1 Å². The maximum atomic E-state index is 10.5. The zero-order chi connectivity index (χ0) is 11.7. The van der Waals surface area contributed by atoms with E-state index in [-0.39, 0.29) is 0 Å². The van der Waals surface area contributed by atoms with E-state index in [9.17, 15) is 4.79 Å². The SMILES string of the molecule is Cc1cc(-c2ccc(C=O)o2)cc(N)c1C. The Labute approximate surface area is 93.9 Å². The first kappa shape index (κ1) is 10.5. The predicted octanol–water partition coefficient (Wildman–Crippen LogP) is 2.96. The first-order valence-corrected chi connectivity index (χ1v) is 5.04. The number of anilines is 1. The Balaban J connectivity index is 2.52. The van der Waals surface area contributed by atoms with Crippen molar-refractivity contribution in [2.24, 2.45) is 0 Å². The van der Waals surface area contributed by atoms with Gasteiger partial charge in [-0.1, -0.05) is 0 Å². The van der Waals surface area contributed by atoms with Gasteiger partial charge in [0.25, 0.3) is 0 Å². The molecule has 3 heteroatoms. The Morgan fingerprint density at radius 2 is 2.00 bits per heavy atom. The summed E-state index contributed by atoms with van der Waals surface area (Å²) >= 11 is 0. The number of nitrogen functional groups attached to an aromatic ring is 1. The van der Waals surface area contributed by atoms with Gasteiger partial charge < -0.3 is 10.2 Å². The summed E-state index contributed by atoms with van der Waals surface area (Å²) in [4.78, 5) is 10.5. The maximum Gasteiger partial charge on any atom is 0.185 e. The van der Waals surface area contributed by atoms with Gasteiger partial charge in [0.05, 0.1) is 0 Å². The third-order valence-corrected chi connectivity index (χ3v) is 2.73. The predicted molar refractivity (Wildman–Crippen MR) is 63.4 cm³/mol. The minimum atomic E-state index is 0.326. The van der Waals surface area contributed by atoms with Crippen LogP contribution in [0.15, 0.2) is 28.7 Å². The zero-order valence-corrected chi connectivity index (χ0v) is 9.28. The van der Waals surface area contributed by atoms with Crippen molar-refractivity contribution in [3.8, 4) is 11.3 Å². The number of nitrogens with two attached hydrogens (primary N) is 1. The van der Waals surface area contributed by atoms with Gasteiger partial charge in [0.15, 0.2) is 12.0 Å². The Morgan fingerprint density at radius 1 is 1.25 bits per heavy atom. The van der Waals surface area contributed by atoms with Crippen molar-refractivity contribution in [1.82, 2.24) is 0 Å². The van der Waals surface area contributed by atoms with Crippen LogP contribution in [0.1, 0.15) is 21.7 Å². The Morgan fingerprint density at radius 3 is 2.56 bits per heavy atom. The smallest absolute Gasteiger partial charge is 0.185 e. The van der Waals surface area contributed by atoms with Crippen LogP contribution in [0.3, 0.4) is 0 Å². The summed E-state index contributed by atoms with van der Waals surface area (Å²) in [6.07, 6.45) is 0.688. The van der Waals surface area contributed by atoms with Crippen LogP contribution >= 0.6 is 0 Å². The van der Waals surface area contributed by atoms with Crippen molar-refractivity contribution in [1.29, 1.82) is 0 Å². The average molecular weight is 215 g/mol. The molecule has 0 radical (unpaired) electrons. The van der Waals surface area contributed by atoms with Crippen molar-refractivity contribution in [3.63, 3.8) is 0 Å². The minimum absolute atomic E-state index is 0.326. The summed E-state index contributed by atoms with van der Waals surface area (Å²) in [6.45, 7) is 3.98. The fraction of sp³-hybridized carbons (Fsp3) is 0.154. The molecule has 0 aliphatic rings. The number of benzene rings is 1. The van der Waals surface area contributed by atoms with E-state index in [0.717, 1.165) is 22.4 Å². The lowest BCUT2D eigenvalue weighted by Crippen LogP contribution is -1.93. The number of hydrogen-bond acceptors (Lipinski definition) is 3. The van der Waals surface area contributed by atoms with E-state index in [0.29, 0.717) is 17.8 Å². The van der Waals surface area contributed by atoms with Crippen molar-refractivity contribution in [3.05, 3.63) is 41.2 Å². The second kappa shape index (κ2) is 3.85. The van der Waals surface area contributed by atoms with Crippen LogP contribution in [0.5, 0.6) is 0 Å². The second-order valence-electron chi connectivity index (χ2n) is 3.83. The van der Waals surface area contributed by atoms with E-state index in [2.05, 4.69) is 0 Å². The molecule has 0 atom stereocenters. The lowest BCUT2D eigenvalue weighted by molar-refractivity contribution is 0.110. The normalized spacial score (nSPS) is 10.4. The first-order valence-electron chi connectivity index (χ1n) is 5.04. The zero-order valence-electron chi connectivity index (χ0n) is 9.28. The quantitative estimate of drug-likeness (QED) is 0.619. The highest BCUT2D eigenvalue weighted by Crippen LogP contribution is 2.27. The lowest BCUT2D eigenvalue weighted by Gasteiger charge is -2.06. The Bertz CT molecular complexity index is 518. The number of aryl methyl sites for hydroxylation is 1. The Hall–Kier alpha value is -2.03. The molecule has 0 bridgehead atoms. The van der Waals surface area contributed by atoms with Gasteiger partial charge in [0.2, 0.25) is 0 Å². The van der Waals surface area contributed by atoms with Gasteiger partial charge in [-0.05, 0) is 49.2 Å². The number of carbonyl (C=O) groups is 1. The third kappa shape index (κ3) is 1.72. The largest absolute Gasteiger partial charge is 0.453 e. The average Bonchev–Trinajstić information content (AvgIpc) is 2.73. The molecule has 0 amide bonds. The molecule has 0 fully saturated rings. The van der Waals surface area contributed by atoms with Crippen molar-refractivity contribution in [2.75, 3.05) is 5.73 Å². The highest BCUT2D eigenvalue weighted by Gasteiger charge is 2.07. The summed E-state index contributed by atoms with van der Waals surface area (Å²) < 4.78 is 5.35. The molecule has 0 spiro atoms. The van der Waals surface area contributed by atoms with Crippen LogP contribution < -0.4 is 5.73 Å². The molecule has 0 saturated heterocycles. The third-order valence-electron chi connectivity index (χ3n) is 2.73. The molecule has 82 valence electrons. The van der Waals surface area contributed by atoms with Crippen LogP contribution in [-0.2, 0) is 0 Å². The highest BCUT2D eigenvalue weighted by molar-refractivity contribution is 5.74. The van der Waals surface area contributed by atoms with Crippen LogP contribution in [-0.4, -0.2) is 6.29 Å². The van der Waals surface area contributed by atoms with Crippen LogP contribution in [0, 0.1) is 13.8 Å². The Kier molecular flexibility index (Phi) is 2.52. The van der Waals surface area contributed by atoms with Crippen molar-refractivity contribution in [2.45, 2.75) is 13.8 Å². The van der Waals surface area contributed by atoms with Crippen molar-refractivity contribution < 1.29 is 9.21 Å². The molecular formula is C13H13NO2. The van der Waals surface area contributed by atoms with E-state index in [4.69, 9.17) is 10.2 Å². The first-order chi connectivity index (χ1) is 7.61. The van der Waals surface area contributed by atoms with E-state index >= 15 is 0 Å². The highest BCUT2D eigenvalue weighted by atomic mass is 16.3. The van der Waals surface area contributed by atoms with Gasteiger partial charge in [0.1, 0.15) is 5.76 Å². The van der Waals surface area contributed by atoms with E-state index in [1.807, 2.05) is 26.0 Å².